The molecule has 4 aromatic carbocycles. The van der Waals surface area contributed by atoms with E-state index in [1.165, 1.54) is 9.35 Å². The summed E-state index contributed by atoms with van der Waals surface area (Å²) < 4.78 is 2.63. The minimum Gasteiger partial charge on any atom is -0.267 e. The zero-order chi connectivity index (χ0) is 25.9. The van der Waals surface area contributed by atoms with Crippen molar-refractivity contribution < 1.29 is 0 Å². The lowest BCUT2D eigenvalue weighted by atomic mass is 10.2. The number of rotatable bonds is 5. The van der Waals surface area contributed by atoms with Gasteiger partial charge in [-0.05, 0) is 47.5 Å². The van der Waals surface area contributed by atoms with Crippen molar-refractivity contribution in [2.24, 2.45) is 0 Å². The van der Waals surface area contributed by atoms with Gasteiger partial charge in [-0.25, -0.2) is 9.97 Å². The molecule has 38 heavy (non-hydrogen) atoms. The summed E-state index contributed by atoms with van der Waals surface area (Å²) in [5, 5.41) is 0.810. The molecule has 0 saturated heterocycles. The first kappa shape index (κ1) is 23.1. The van der Waals surface area contributed by atoms with Gasteiger partial charge in [-0.15, -0.1) is 0 Å². The van der Waals surface area contributed by atoms with Crippen LogP contribution in [0.5, 0.6) is 0 Å². The molecular weight excluding hydrogens is 472 g/mol. The first-order valence-electron chi connectivity index (χ1n) is 12.2. The van der Waals surface area contributed by atoms with Crippen molar-refractivity contribution >= 4 is 46.1 Å². The van der Waals surface area contributed by atoms with Crippen molar-refractivity contribution in [3.8, 4) is 0 Å². The summed E-state index contributed by atoms with van der Waals surface area (Å²) >= 11 is 0. The quantitative estimate of drug-likeness (QED) is 0.306. The van der Waals surface area contributed by atoms with E-state index in [1.54, 1.807) is 48.6 Å². The van der Waals surface area contributed by atoms with Gasteiger partial charge in [-0.1, -0.05) is 97.1 Å². The normalized spacial score (nSPS) is 11.7. The lowest BCUT2D eigenvalue weighted by Gasteiger charge is -2.16. The second-order valence-corrected chi connectivity index (χ2v) is 8.70. The Morgan fingerprint density at radius 2 is 0.816 bits per heavy atom. The lowest BCUT2D eigenvalue weighted by molar-refractivity contribution is 0.581. The number of benzene rings is 4. The number of hydrogen-bond donors (Lipinski definition) is 0. The molecule has 0 saturated carbocycles. The highest BCUT2D eigenvalue weighted by atomic mass is 16.2. The van der Waals surface area contributed by atoms with Gasteiger partial charge in [0.1, 0.15) is 0 Å². The summed E-state index contributed by atoms with van der Waals surface area (Å²) in [6.07, 6.45) is 7.23. The van der Waals surface area contributed by atoms with E-state index in [0.29, 0.717) is 33.5 Å². The Morgan fingerprint density at radius 3 is 1.24 bits per heavy atom. The van der Waals surface area contributed by atoms with E-state index in [-0.39, 0.29) is 11.1 Å². The van der Waals surface area contributed by atoms with Gasteiger partial charge in [-0.2, -0.15) is 9.35 Å². The maximum atomic E-state index is 14.0. The third-order valence-corrected chi connectivity index (χ3v) is 6.21. The Kier molecular flexibility index (Phi) is 6.04. The molecule has 0 radical (unpaired) electrons. The molecular formula is C32H22N4O2. The maximum Gasteiger partial charge on any atom is 0.281 e. The highest BCUT2D eigenvalue weighted by molar-refractivity contribution is 5.81. The molecule has 6 nitrogen and oxygen atoms in total. The predicted octanol–water partition coefficient (Wildman–Crippen LogP) is 5.76. The average Bonchev–Trinajstić information content (AvgIpc) is 2.97. The SMILES string of the molecule is O=c1c2ccccc2nc(/C=C/c2ccccc2)n1-n1c(/C=C/c2ccccc2)nc2ccccc2c1=O. The molecule has 0 fully saturated rings. The van der Waals surface area contributed by atoms with E-state index < -0.39 is 0 Å². The van der Waals surface area contributed by atoms with Crippen molar-refractivity contribution in [2.45, 2.75) is 0 Å². The van der Waals surface area contributed by atoms with Gasteiger partial charge in [0.05, 0.1) is 21.8 Å². The molecule has 0 amide bonds. The molecule has 0 unspecified atom stereocenters. The minimum absolute atomic E-state index is 0.311. The first-order valence-corrected chi connectivity index (χ1v) is 12.2. The maximum absolute atomic E-state index is 14.0. The fourth-order valence-corrected chi connectivity index (χ4v) is 4.35. The lowest BCUT2D eigenvalue weighted by Crippen LogP contribution is -2.38. The molecule has 0 N–H and O–H groups in total. The van der Waals surface area contributed by atoms with Gasteiger partial charge in [0.25, 0.3) is 11.1 Å². The van der Waals surface area contributed by atoms with Crippen LogP contribution in [0.25, 0.3) is 46.1 Å². The van der Waals surface area contributed by atoms with Crippen LogP contribution in [-0.4, -0.2) is 19.3 Å². The Labute approximate surface area is 218 Å². The van der Waals surface area contributed by atoms with Crippen LogP contribution in [-0.2, 0) is 0 Å². The Balaban J connectivity index is 1.67. The van der Waals surface area contributed by atoms with E-state index in [1.807, 2.05) is 84.9 Å². The van der Waals surface area contributed by atoms with E-state index in [4.69, 9.17) is 9.97 Å². The molecule has 2 aromatic heterocycles. The smallest absolute Gasteiger partial charge is 0.267 e. The molecule has 182 valence electrons. The summed E-state index contributed by atoms with van der Waals surface area (Å²) in [6, 6.07) is 33.7. The molecule has 0 aliphatic carbocycles. The third-order valence-electron chi connectivity index (χ3n) is 6.21. The van der Waals surface area contributed by atoms with Crippen LogP contribution in [0.15, 0.2) is 119 Å². The number of para-hydroxylation sites is 2. The third kappa shape index (κ3) is 4.35. The van der Waals surface area contributed by atoms with Crippen LogP contribution >= 0.6 is 0 Å². The zero-order valence-electron chi connectivity index (χ0n) is 20.3. The molecule has 6 rings (SSSR count). The Hall–Kier alpha value is -5.36. The van der Waals surface area contributed by atoms with E-state index in [2.05, 4.69) is 0 Å². The van der Waals surface area contributed by atoms with Gasteiger partial charge in [0, 0.05) is 0 Å². The van der Waals surface area contributed by atoms with Crippen LogP contribution < -0.4 is 11.1 Å². The molecule has 0 atom stereocenters. The van der Waals surface area contributed by atoms with Crippen LogP contribution in [0.3, 0.4) is 0 Å². The zero-order valence-corrected chi connectivity index (χ0v) is 20.3. The second-order valence-electron chi connectivity index (χ2n) is 8.70. The fraction of sp³-hybridized carbons (Fsp3) is 0. The van der Waals surface area contributed by atoms with Crippen LogP contribution in [0.4, 0.5) is 0 Å². The topological polar surface area (TPSA) is 69.8 Å². The molecule has 0 aliphatic heterocycles. The largest absolute Gasteiger partial charge is 0.281 e. The van der Waals surface area contributed by atoms with Crippen molar-refractivity contribution in [1.82, 2.24) is 19.3 Å². The highest BCUT2D eigenvalue weighted by Gasteiger charge is 2.17. The molecule has 0 bridgehead atoms. The molecule has 0 spiro atoms. The predicted molar refractivity (Wildman–Crippen MR) is 154 cm³/mol. The summed E-state index contributed by atoms with van der Waals surface area (Å²) in [5.41, 5.74) is 2.24. The molecule has 6 heteroatoms. The van der Waals surface area contributed by atoms with Crippen LogP contribution in [0.2, 0.25) is 0 Å². The van der Waals surface area contributed by atoms with Crippen LogP contribution in [0.1, 0.15) is 22.8 Å². The fourth-order valence-electron chi connectivity index (χ4n) is 4.35. The minimum atomic E-state index is -0.364. The second kappa shape index (κ2) is 9.95. The van der Waals surface area contributed by atoms with Gasteiger partial charge in [0.2, 0.25) is 0 Å². The highest BCUT2D eigenvalue weighted by Crippen LogP contribution is 2.15. The standard InChI is InChI=1S/C32H22N4O2/c37-31-25-15-7-9-17-27(25)33-29(21-19-23-11-3-1-4-12-23)35(31)36-30(22-20-24-13-5-2-6-14-24)34-28-18-10-8-16-26(28)32(36)38/h1-22H/b21-19+,22-20+. The average molecular weight is 495 g/mol. The summed E-state index contributed by atoms with van der Waals surface area (Å²) in [5.74, 6) is 0.622. The Morgan fingerprint density at radius 1 is 0.447 bits per heavy atom. The van der Waals surface area contributed by atoms with Gasteiger partial charge in [-0.3, -0.25) is 9.59 Å². The summed E-state index contributed by atoms with van der Waals surface area (Å²) in [4.78, 5) is 37.5. The van der Waals surface area contributed by atoms with Crippen molar-refractivity contribution in [2.75, 3.05) is 0 Å². The number of fused-ring (bicyclic) bond motifs is 2. The van der Waals surface area contributed by atoms with Crippen molar-refractivity contribution in [3.63, 3.8) is 0 Å². The van der Waals surface area contributed by atoms with Gasteiger partial charge in [0.15, 0.2) is 11.6 Å². The number of aromatic nitrogens is 4. The monoisotopic (exact) mass is 494 g/mol. The van der Waals surface area contributed by atoms with Crippen molar-refractivity contribution in [3.05, 3.63) is 153 Å². The molecule has 6 aromatic rings. The van der Waals surface area contributed by atoms with E-state index in [0.717, 1.165) is 11.1 Å². The van der Waals surface area contributed by atoms with E-state index >= 15 is 0 Å². The number of nitrogens with zero attached hydrogens (tertiary/aromatic N) is 4. The molecule has 2 heterocycles. The number of hydrogen-bond acceptors (Lipinski definition) is 4. The van der Waals surface area contributed by atoms with Crippen molar-refractivity contribution in [1.29, 1.82) is 0 Å². The van der Waals surface area contributed by atoms with Gasteiger partial charge < -0.3 is 0 Å². The first-order chi connectivity index (χ1) is 18.7. The van der Waals surface area contributed by atoms with Gasteiger partial charge >= 0.3 is 0 Å². The molecule has 0 aliphatic rings. The Bertz CT molecular complexity index is 1810. The summed E-state index contributed by atoms with van der Waals surface area (Å²) in [7, 11) is 0. The van der Waals surface area contributed by atoms with E-state index in [9.17, 15) is 9.59 Å². The summed E-state index contributed by atoms with van der Waals surface area (Å²) in [6.45, 7) is 0. The van der Waals surface area contributed by atoms with Crippen LogP contribution in [0, 0.1) is 0 Å².